The fourth-order valence-corrected chi connectivity index (χ4v) is 5.59. The van der Waals surface area contributed by atoms with Crippen molar-refractivity contribution in [1.82, 2.24) is 0 Å². The SMILES string of the molecule is CCOC(=O)OC1=C(c2c(C)cc(I)cc2CC)C(=O)CC12CCC(OC)CC2. The van der Waals surface area contributed by atoms with Crippen LogP contribution in [-0.4, -0.2) is 31.8 Å². The van der Waals surface area contributed by atoms with E-state index in [2.05, 4.69) is 41.6 Å². The summed E-state index contributed by atoms with van der Waals surface area (Å²) in [6.45, 7) is 6.08. The predicted molar refractivity (Wildman–Crippen MR) is 120 cm³/mol. The molecule has 3 rings (SSSR count). The van der Waals surface area contributed by atoms with Crippen LogP contribution in [0.25, 0.3) is 5.57 Å². The van der Waals surface area contributed by atoms with E-state index >= 15 is 0 Å². The molecule has 1 aromatic carbocycles. The Hall–Kier alpha value is -1.41. The largest absolute Gasteiger partial charge is 0.513 e. The molecule has 0 N–H and O–H groups in total. The predicted octanol–water partition coefficient (Wildman–Crippen LogP) is 5.59. The Morgan fingerprint density at radius 3 is 2.52 bits per heavy atom. The van der Waals surface area contributed by atoms with Crippen molar-refractivity contribution in [1.29, 1.82) is 0 Å². The van der Waals surface area contributed by atoms with Crippen LogP contribution in [-0.2, 0) is 25.4 Å². The molecule has 2 aliphatic carbocycles. The Balaban J connectivity index is 2.15. The zero-order valence-electron chi connectivity index (χ0n) is 17.6. The number of methoxy groups -OCH3 is 1. The Kier molecular flexibility index (Phi) is 7.04. The van der Waals surface area contributed by atoms with Crippen LogP contribution in [0.3, 0.4) is 0 Å². The van der Waals surface area contributed by atoms with E-state index in [-0.39, 0.29) is 18.5 Å². The van der Waals surface area contributed by atoms with E-state index in [0.29, 0.717) is 17.8 Å². The lowest BCUT2D eigenvalue weighted by atomic mass is 9.71. The number of rotatable bonds is 5. The molecule has 0 aromatic heterocycles. The molecule has 0 saturated heterocycles. The second kappa shape index (κ2) is 9.16. The molecule has 0 radical (unpaired) electrons. The number of halogens is 1. The van der Waals surface area contributed by atoms with Gasteiger partial charge in [0.25, 0.3) is 0 Å². The highest BCUT2D eigenvalue weighted by atomic mass is 127. The molecule has 6 heteroatoms. The average molecular weight is 512 g/mol. The first-order valence-electron chi connectivity index (χ1n) is 10.3. The van der Waals surface area contributed by atoms with Gasteiger partial charge in [-0.1, -0.05) is 6.92 Å². The number of aryl methyl sites for hydroxylation is 2. The first-order chi connectivity index (χ1) is 13.8. The summed E-state index contributed by atoms with van der Waals surface area (Å²) in [5.41, 5.74) is 3.17. The van der Waals surface area contributed by atoms with Crippen LogP contribution in [0.2, 0.25) is 0 Å². The van der Waals surface area contributed by atoms with Crippen molar-refractivity contribution in [2.24, 2.45) is 5.41 Å². The van der Waals surface area contributed by atoms with Gasteiger partial charge in [0, 0.05) is 22.5 Å². The van der Waals surface area contributed by atoms with Gasteiger partial charge in [0.1, 0.15) is 5.76 Å². The van der Waals surface area contributed by atoms with Crippen LogP contribution in [0, 0.1) is 15.9 Å². The fraction of sp³-hybridized carbons (Fsp3) is 0.565. The van der Waals surface area contributed by atoms with Gasteiger partial charge in [0.15, 0.2) is 5.78 Å². The molecular formula is C23H29IO5. The standard InChI is InChI=1S/C23H29IO5/c1-5-15-12-16(24)11-14(3)19(15)20-18(25)13-23(9-7-17(27-4)8-10-23)21(20)29-22(26)28-6-2/h11-12,17H,5-10,13H2,1-4H3. The second-order valence-corrected chi connectivity index (χ2v) is 9.16. The maximum Gasteiger partial charge on any atom is 0.513 e. The molecule has 0 atom stereocenters. The number of Topliss-reactive ketones (excluding diaryl/α,β-unsaturated/α-hetero) is 1. The Morgan fingerprint density at radius 1 is 1.24 bits per heavy atom. The summed E-state index contributed by atoms with van der Waals surface area (Å²) in [6.07, 6.45) is 3.86. The highest BCUT2D eigenvalue weighted by Crippen LogP contribution is 2.54. The Morgan fingerprint density at radius 2 is 1.93 bits per heavy atom. The van der Waals surface area contributed by atoms with Crippen molar-refractivity contribution in [3.8, 4) is 0 Å². The molecule has 0 bridgehead atoms. The molecule has 5 nitrogen and oxygen atoms in total. The highest BCUT2D eigenvalue weighted by molar-refractivity contribution is 14.1. The number of benzene rings is 1. The summed E-state index contributed by atoms with van der Waals surface area (Å²) in [5, 5.41) is 0. The molecule has 0 aliphatic heterocycles. The Bertz CT molecular complexity index is 834. The number of carbonyl (C=O) groups excluding carboxylic acids is 2. The maximum atomic E-state index is 13.3. The number of hydrogen-bond donors (Lipinski definition) is 0. The number of carbonyl (C=O) groups is 2. The smallest absolute Gasteiger partial charge is 0.434 e. The molecule has 2 aliphatic rings. The van der Waals surface area contributed by atoms with Gasteiger partial charge in [0.2, 0.25) is 0 Å². The third kappa shape index (κ3) is 4.38. The van der Waals surface area contributed by atoms with Gasteiger partial charge in [-0.2, -0.15) is 0 Å². The van der Waals surface area contributed by atoms with Crippen LogP contribution in [0.15, 0.2) is 17.9 Å². The summed E-state index contributed by atoms with van der Waals surface area (Å²) in [5.74, 6) is 0.564. The van der Waals surface area contributed by atoms with Crippen molar-refractivity contribution in [2.45, 2.75) is 65.4 Å². The summed E-state index contributed by atoms with van der Waals surface area (Å²) in [7, 11) is 1.72. The summed E-state index contributed by atoms with van der Waals surface area (Å²) in [6, 6.07) is 4.18. The third-order valence-electron chi connectivity index (χ3n) is 6.17. The minimum atomic E-state index is -0.732. The van der Waals surface area contributed by atoms with Crippen molar-refractivity contribution in [2.75, 3.05) is 13.7 Å². The Labute approximate surface area is 186 Å². The topological polar surface area (TPSA) is 61.8 Å². The molecular weight excluding hydrogens is 483 g/mol. The van der Waals surface area contributed by atoms with Gasteiger partial charge < -0.3 is 14.2 Å². The fourth-order valence-electron chi connectivity index (χ4n) is 4.74. The van der Waals surface area contributed by atoms with E-state index in [0.717, 1.165) is 52.4 Å². The number of hydrogen-bond acceptors (Lipinski definition) is 5. The summed E-state index contributed by atoms with van der Waals surface area (Å²) >= 11 is 2.30. The molecule has 0 amide bonds. The molecule has 1 fully saturated rings. The molecule has 158 valence electrons. The van der Waals surface area contributed by atoms with Gasteiger partial charge in [-0.05, 0) is 97.4 Å². The van der Waals surface area contributed by atoms with E-state index in [1.54, 1.807) is 14.0 Å². The maximum absolute atomic E-state index is 13.3. The molecule has 0 unspecified atom stereocenters. The first kappa shape index (κ1) is 22.3. The zero-order chi connectivity index (χ0) is 21.2. The molecule has 1 aromatic rings. The average Bonchev–Trinajstić information content (AvgIpc) is 2.93. The molecule has 1 spiro atoms. The van der Waals surface area contributed by atoms with Crippen molar-refractivity contribution in [3.05, 3.63) is 38.2 Å². The lowest BCUT2D eigenvalue weighted by molar-refractivity contribution is -0.115. The number of ether oxygens (including phenoxy) is 3. The highest BCUT2D eigenvalue weighted by Gasteiger charge is 2.50. The summed E-state index contributed by atoms with van der Waals surface area (Å²) < 4.78 is 17.5. The van der Waals surface area contributed by atoms with Gasteiger partial charge >= 0.3 is 6.16 Å². The number of allylic oxidation sites excluding steroid dienone is 2. The van der Waals surface area contributed by atoms with E-state index in [9.17, 15) is 9.59 Å². The van der Waals surface area contributed by atoms with Crippen molar-refractivity contribution < 1.29 is 23.8 Å². The number of ketones is 1. The normalized spacial score (nSPS) is 24.3. The first-order valence-corrected chi connectivity index (χ1v) is 11.4. The van der Waals surface area contributed by atoms with E-state index in [4.69, 9.17) is 14.2 Å². The minimum absolute atomic E-state index is 0.0548. The molecule has 1 saturated carbocycles. The van der Waals surface area contributed by atoms with Crippen molar-refractivity contribution in [3.63, 3.8) is 0 Å². The van der Waals surface area contributed by atoms with Gasteiger partial charge in [-0.25, -0.2) is 4.79 Å². The van der Waals surface area contributed by atoms with Gasteiger partial charge in [-0.15, -0.1) is 0 Å². The van der Waals surface area contributed by atoms with Gasteiger partial charge in [0.05, 0.1) is 18.3 Å². The van der Waals surface area contributed by atoms with Crippen LogP contribution in [0.1, 0.15) is 62.6 Å². The van der Waals surface area contributed by atoms with Crippen LogP contribution in [0.4, 0.5) is 4.79 Å². The van der Waals surface area contributed by atoms with E-state index in [1.165, 1.54) is 0 Å². The zero-order valence-corrected chi connectivity index (χ0v) is 19.8. The minimum Gasteiger partial charge on any atom is -0.434 e. The quantitative estimate of drug-likeness (QED) is 0.380. The van der Waals surface area contributed by atoms with Crippen molar-refractivity contribution >= 4 is 40.1 Å². The lowest BCUT2D eigenvalue weighted by Gasteiger charge is -2.37. The summed E-state index contributed by atoms with van der Waals surface area (Å²) in [4.78, 5) is 25.6. The van der Waals surface area contributed by atoms with Crippen LogP contribution < -0.4 is 0 Å². The van der Waals surface area contributed by atoms with Crippen LogP contribution in [0.5, 0.6) is 0 Å². The van der Waals surface area contributed by atoms with E-state index in [1.807, 2.05) is 6.92 Å². The monoisotopic (exact) mass is 512 g/mol. The molecule has 0 heterocycles. The molecule has 29 heavy (non-hydrogen) atoms. The second-order valence-electron chi connectivity index (χ2n) is 7.91. The lowest BCUT2D eigenvalue weighted by Crippen LogP contribution is -2.32. The third-order valence-corrected chi connectivity index (χ3v) is 6.79. The van der Waals surface area contributed by atoms with E-state index < -0.39 is 11.6 Å². The van der Waals surface area contributed by atoms with Crippen LogP contribution >= 0.6 is 22.6 Å². The van der Waals surface area contributed by atoms with Gasteiger partial charge in [-0.3, -0.25) is 4.79 Å².